The number of rotatable bonds is 6. The van der Waals surface area contributed by atoms with Gasteiger partial charge in [0.1, 0.15) is 18.0 Å². The highest BCUT2D eigenvalue weighted by Gasteiger charge is 2.10. The van der Waals surface area contributed by atoms with E-state index in [1.807, 2.05) is 0 Å². The van der Waals surface area contributed by atoms with Gasteiger partial charge in [-0.05, 0) is 18.2 Å². The van der Waals surface area contributed by atoms with Crippen LogP contribution in [-0.2, 0) is 20.9 Å². The van der Waals surface area contributed by atoms with Crippen LogP contribution in [0.15, 0.2) is 26.9 Å². The Hall–Kier alpha value is -2.06. The molecule has 19 heavy (non-hydrogen) atoms. The van der Waals surface area contributed by atoms with Gasteiger partial charge in [-0.1, -0.05) is 0 Å². The lowest BCUT2D eigenvalue weighted by molar-refractivity contribution is -0.142. The van der Waals surface area contributed by atoms with Crippen LogP contribution in [0.2, 0.25) is 0 Å². The van der Waals surface area contributed by atoms with Crippen molar-refractivity contribution < 1.29 is 19.4 Å². The van der Waals surface area contributed by atoms with E-state index in [1.165, 1.54) is 0 Å². The Balaban J connectivity index is 1.80. The lowest BCUT2D eigenvalue weighted by Gasteiger charge is -2.05. The summed E-state index contributed by atoms with van der Waals surface area (Å²) < 4.78 is 12.9. The summed E-state index contributed by atoms with van der Waals surface area (Å²) in [6, 6.07) is 5.05. The first-order valence-corrected chi connectivity index (χ1v) is 6.20. The Morgan fingerprint density at radius 3 is 2.89 bits per heavy atom. The molecule has 0 unspecified atom stereocenters. The maximum Gasteiger partial charge on any atom is 0.329 e. The van der Waals surface area contributed by atoms with Crippen LogP contribution in [0, 0.1) is 0 Å². The van der Waals surface area contributed by atoms with Crippen molar-refractivity contribution in [1.29, 1.82) is 0 Å². The number of aliphatic carboxylic acids is 1. The Labute approximate surface area is 112 Å². The zero-order valence-electron chi connectivity index (χ0n) is 9.83. The normalized spacial score (nSPS) is 11.8. The average molecular weight is 281 g/mol. The maximum absolute atomic E-state index is 11.8. The molecule has 1 heterocycles. The van der Waals surface area contributed by atoms with Gasteiger partial charge < -0.3 is 15.2 Å². The van der Waals surface area contributed by atoms with Crippen LogP contribution in [0.4, 0.5) is 11.4 Å². The van der Waals surface area contributed by atoms with Crippen LogP contribution < -0.4 is 5.32 Å². The second-order valence-electron chi connectivity index (χ2n) is 3.67. The number of nitrogens with one attached hydrogen (secondary N) is 1. The molecule has 7 nitrogen and oxygen atoms in total. The molecule has 2 rings (SSSR count). The smallest absolute Gasteiger partial charge is 0.329 e. The number of nitrogens with zero attached hydrogens (tertiary/aromatic N) is 2. The fraction of sp³-hybridized carbons (Fsp3) is 0.273. The third-order valence-electron chi connectivity index (χ3n) is 2.27. The third-order valence-corrected chi connectivity index (χ3v) is 2.83. The van der Waals surface area contributed by atoms with Gasteiger partial charge in [-0.2, -0.15) is 8.73 Å². The van der Waals surface area contributed by atoms with Crippen LogP contribution in [0.25, 0.3) is 0 Å². The van der Waals surface area contributed by atoms with Gasteiger partial charge in [0.15, 0.2) is 0 Å². The molecule has 0 radical (unpaired) electrons. The summed E-state index contributed by atoms with van der Waals surface area (Å²) in [6.07, 6.45) is 0. The van der Waals surface area contributed by atoms with Gasteiger partial charge in [-0.25, -0.2) is 4.79 Å². The zero-order chi connectivity index (χ0) is 13.7. The maximum atomic E-state index is 11.8. The standard InChI is InChI=1S/C11H11N3O4S/c15-10(16)6-18-4-3-12-11(17)7-1-2-8-9(5-7)14-19-13-8/h1-2,5H,3-4,6H2,(H,12,17)(H,15,16). The number of fused-ring (bicyclic) bond motifs is 1. The number of carbonyl (C=O) groups is 2. The average Bonchev–Trinajstić information content (AvgIpc) is 2.84. The molecule has 0 saturated carbocycles. The highest BCUT2D eigenvalue weighted by atomic mass is 32.1. The second-order valence-corrected chi connectivity index (χ2v) is 4.20. The Morgan fingerprint density at radius 1 is 1.32 bits per heavy atom. The third kappa shape index (κ3) is 3.70. The van der Waals surface area contributed by atoms with E-state index in [0.29, 0.717) is 11.3 Å². The molecule has 8 heteroatoms. The number of hydrogen-bond acceptors (Lipinski definition) is 5. The quantitative estimate of drug-likeness (QED) is 0.778. The first-order valence-electron chi connectivity index (χ1n) is 5.47. The molecule has 1 aromatic rings. The van der Waals surface area contributed by atoms with Crippen LogP contribution in [0.1, 0.15) is 10.4 Å². The SMILES string of the molecule is O=C(O)COCCNC(=O)c1ccc2c(c1)N=S=N2. The van der Waals surface area contributed by atoms with Crippen molar-refractivity contribution in [1.82, 2.24) is 5.32 Å². The summed E-state index contributed by atoms with van der Waals surface area (Å²) in [5.74, 6) is -1.29. The number of carboxylic acids is 1. The predicted octanol–water partition coefficient (Wildman–Crippen LogP) is 1.24. The van der Waals surface area contributed by atoms with Crippen LogP contribution in [0.5, 0.6) is 0 Å². The molecule has 0 fully saturated rings. The van der Waals surface area contributed by atoms with Gasteiger partial charge in [-0.3, -0.25) is 4.79 Å². The highest BCUT2D eigenvalue weighted by molar-refractivity contribution is 7.58. The highest BCUT2D eigenvalue weighted by Crippen LogP contribution is 2.31. The van der Waals surface area contributed by atoms with Crippen molar-refractivity contribution in [2.75, 3.05) is 19.8 Å². The lowest BCUT2D eigenvalue weighted by Crippen LogP contribution is -2.27. The Morgan fingerprint density at radius 2 is 2.11 bits per heavy atom. The minimum absolute atomic E-state index is 0.151. The predicted molar refractivity (Wildman–Crippen MR) is 68.8 cm³/mol. The van der Waals surface area contributed by atoms with Crippen molar-refractivity contribution >= 4 is 34.6 Å². The van der Waals surface area contributed by atoms with Gasteiger partial charge in [-0.15, -0.1) is 0 Å². The number of carbonyl (C=O) groups excluding carboxylic acids is 1. The van der Waals surface area contributed by atoms with Gasteiger partial charge >= 0.3 is 5.97 Å². The molecular formula is C11H11N3O4S. The first-order chi connectivity index (χ1) is 9.16. The van der Waals surface area contributed by atoms with Gasteiger partial charge in [0, 0.05) is 12.1 Å². The van der Waals surface area contributed by atoms with Crippen molar-refractivity contribution in [2.24, 2.45) is 8.73 Å². The number of ether oxygens (including phenoxy) is 1. The van der Waals surface area contributed by atoms with Crippen LogP contribution >= 0.6 is 0 Å². The molecule has 1 aliphatic heterocycles. The molecule has 1 aliphatic rings. The van der Waals surface area contributed by atoms with Crippen LogP contribution in [-0.4, -0.2) is 36.7 Å². The van der Waals surface area contributed by atoms with E-state index in [4.69, 9.17) is 9.84 Å². The molecule has 0 aromatic heterocycles. The monoisotopic (exact) mass is 281 g/mol. The van der Waals surface area contributed by atoms with Crippen LogP contribution in [0.3, 0.4) is 0 Å². The first kappa shape index (κ1) is 13.4. The minimum atomic E-state index is -1.03. The summed E-state index contributed by atoms with van der Waals surface area (Å²) in [5.41, 5.74) is 1.92. The van der Waals surface area contributed by atoms with Crippen molar-refractivity contribution in [3.05, 3.63) is 23.8 Å². The summed E-state index contributed by atoms with van der Waals surface area (Å²) in [5, 5.41) is 11.0. The molecule has 0 bridgehead atoms. The van der Waals surface area contributed by atoms with E-state index in [2.05, 4.69) is 14.0 Å². The van der Waals surface area contributed by atoms with E-state index >= 15 is 0 Å². The topological polar surface area (TPSA) is 100 Å². The number of benzene rings is 1. The van der Waals surface area contributed by atoms with Crippen molar-refractivity contribution in [3.63, 3.8) is 0 Å². The molecule has 0 spiro atoms. The fourth-order valence-electron chi connectivity index (χ4n) is 1.42. The van der Waals surface area contributed by atoms with E-state index in [0.717, 1.165) is 17.0 Å². The molecule has 100 valence electrons. The van der Waals surface area contributed by atoms with Crippen molar-refractivity contribution in [3.8, 4) is 0 Å². The molecule has 2 N–H and O–H groups in total. The van der Waals surface area contributed by atoms with E-state index in [-0.39, 0.29) is 25.7 Å². The summed E-state index contributed by atoms with van der Waals surface area (Å²) in [4.78, 5) is 22.0. The largest absolute Gasteiger partial charge is 0.480 e. The lowest BCUT2D eigenvalue weighted by atomic mass is 10.1. The minimum Gasteiger partial charge on any atom is -0.480 e. The fourth-order valence-corrected chi connectivity index (χ4v) is 1.94. The van der Waals surface area contributed by atoms with Crippen molar-refractivity contribution in [2.45, 2.75) is 0 Å². The molecule has 0 saturated heterocycles. The molecule has 1 amide bonds. The van der Waals surface area contributed by atoms with Gasteiger partial charge in [0.25, 0.3) is 5.91 Å². The Kier molecular flexibility index (Phi) is 4.37. The summed E-state index contributed by atoms with van der Waals surface area (Å²) >= 11 is 1.09. The molecule has 1 aromatic carbocycles. The van der Waals surface area contributed by atoms with E-state index < -0.39 is 5.97 Å². The summed E-state index contributed by atoms with van der Waals surface area (Å²) in [7, 11) is 0. The number of hydrogen-bond donors (Lipinski definition) is 2. The molecule has 0 atom stereocenters. The van der Waals surface area contributed by atoms with Gasteiger partial charge in [0.2, 0.25) is 0 Å². The van der Waals surface area contributed by atoms with Gasteiger partial charge in [0.05, 0.1) is 18.0 Å². The second kappa shape index (κ2) is 6.21. The molecular weight excluding hydrogens is 270 g/mol. The molecule has 0 aliphatic carbocycles. The summed E-state index contributed by atoms with van der Waals surface area (Å²) in [6.45, 7) is 0.0321. The number of carboxylic acid groups (broad SMARTS) is 1. The number of amides is 1. The van der Waals surface area contributed by atoms with E-state index in [1.54, 1.807) is 18.2 Å². The zero-order valence-corrected chi connectivity index (χ0v) is 10.6. The Bertz CT molecular complexity index is 581. The van der Waals surface area contributed by atoms with E-state index in [9.17, 15) is 9.59 Å².